The van der Waals surface area contributed by atoms with Crippen LogP contribution in [0.15, 0.2) is 42.5 Å². The number of nitrogens with zero attached hydrogens (tertiary/aromatic N) is 2. The lowest BCUT2D eigenvalue weighted by Gasteiger charge is -2.20. The SMILES string of the molecule is Cc1cc(OC(=O)[C@H]2CC(=O)N(c3ccc(Cl)cc3)C2)ccc1N1C(=O)[C@@H]2[C@H]3CC[C@@H](C3)[C@@H]2C1=O. The number of rotatable bonds is 4. The molecule has 35 heavy (non-hydrogen) atoms. The zero-order valence-corrected chi connectivity index (χ0v) is 20.0. The van der Waals surface area contributed by atoms with Crippen molar-refractivity contribution in [3.8, 4) is 5.75 Å². The minimum absolute atomic E-state index is 0.0699. The third kappa shape index (κ3) is 3.56. The third-order valence-electron chi connectivity index (χ3n) is 8.15. The number of hydrogen-bond donors (Lipinski definition) is 0. The van der Waals surface area contributed by atoms with Crippen molar-refractivity contribution in [2.24, 2.45) is 29.6 Å². The third-order valence-corrected chi connectivity index (χ3v) is 8.40. The average molecular weight is 493 g/mol. The molecule has 2 aromatic carbocycles. The summed E-state index contributed by atoms with van der Waals surface area (Å²) in [4.78, 5) is 54.5. The van der Waals surface area contributed by atoms with Crippen LogP contribution in [0, 0.1) is 36.5 Å². The minimum atomic E-state index is -0.588. The van der Waals surface area contributed by atoms with Crippen molar-refractivity contribution in [2.75, 3.05) is 16.3 Å². The molecule has 2 aromatic rings. The molecule has 0 unspecified atom stereocenters. The molecule has 0 aromatic heterocycles. The smallest absolute Gasteiger partial charge is 0.316 e. The van der Waals surface area contributed by atoms with Crippen LogP contribution in [0.3, 0.4) is 0 Å². The molecule has 4 fully saturated rings. The van der Waals surface area contributed by atoms with Gasteiger partial charge in [-0.05, 0) is 86.1 Å². The van der Waals surface area contributed by atoms with Crippen LogP contribution < -0.4 is 14.5 Å². The highest BCUT2D eigenvalue weighted by Crippen LogP contribution is 2.56. The van der Waals surface area contributed by atoms with E-state index in [1.165, 1.54) is 4.90 Å². The van der Waals surface area contributed by atoms with Crippen molar-refractivity contribution >= 4 is 46.7 Å². The van der Waals surface area contributed by atoms with Gasteiger partial charge in [0.05, 0.1) is 23.4 Å². The van der Waals surface area contributed by atoms with Crippen molar-refractivity contribution < 1.29 is 23.9 Å². The van der Waals surface area contributed by atoms with Crippen LogP contribution in [-0.2, 0) is 19.2 Å². The number of benzene rings is 2. The summed E-state index contributed by atoms with van der Waals surface area (Å²) in [7, 11) is 0. The molecule has 2 saturated carbocycles. The molecular formula is C27H25ClN2O5. The van der Waals surface area contributed by atoms with Crippen LogP contribution in [0.5, 0.6) is 5.75 Å². The van der Waals surface area contributed by atoms with Crippen LogP contribution in [0.1, 0.15) is 31.2 Å². The van der Waals surface area contributed by atoms with Gasteiger partial charge in [0, 0.05) is 23.7 Å². The fourth-order valence-corrected chi connectivity index (χ4v) is 6.65. The zero-order chi connectivity index (χ0) is 24.4. The van der Waals surface area contributed by atoms with Gasteiger partial charge in [-0.1, -0.05) is 11.6 Å². The first-order valence-electron chi connectivity index (χ1n) is 12.1. The van der Waals surface area contributed by atoms with E-state index in [0.29, 0.717) is 39.5 Å². The Morgan fingerprint density at radius 1 is 0.971 bits per heavy atom. The van der Waals surface area contributed by atoms with Crippen LogP contribution in [0.4, 0.5) is 11.4 Å². The Labute approximate surface area is 208 Å². The fourth-order valence-electron chi connectivity index (χ4n) is 6.52. The molecule has 2 bridgehead atoms. The first-order valence-corrected chi connectivity index (χ1v) is 12.5. The maximum absolute atomic E-state index is 13.1. The lowest BCUT2D eigenvalue weighted by Crippen LogP contribution is -2.33. The molecular weight excluding hydrogens is 468 g/mol. The van der Waals surface area contributed by atoms with Gasteiger partial charge in [-0.3, -0.25) is 19.2 Å². The van der Waals surface area contributed by atoms with Gasteiger partial charge in [0.2, 0.25) is 17.7 Å². The number of ether oxygens (including phenoxy) is 1. The average Bonchev–Trinajstić information content (AvgIpc) is 3.59. The number of hydrogen-bond acceptors (Lipinski definition) is 5. The van der Waals surface area contributed by atoms with E-state index in [-0.39, 0.29) is 42.5 Å². The number of carbonyl (C=O) groups is 4. The Kier molecular flexibility index (Phi) is 5.22. The molecule has 180 valence electrons. The van der Waals surface area contributed by atoms with E-state index < -0.39 is 11.9 Å². The van der Waals surface area contributed by atoms with E-state index in [4.69, 9.17) is 16.3 Å². The lowest BCUT2D eigenvalue weighted by atomic mass is 9.81. The first kappa shape index (κ1) is 22.3. The molecule has 7 nitrogen and oxygen atoms in total. The van der Waals surface area contributed by atoms with Crippen molar-refractivity contribution in [1.29, 1.82) is 0 Å². The Balaban J connectivity index is 1.15. The van der Waals surface area contributed by atoms with Gasteiger partial charge >= 0.3 is 5.97 Å². The maximum atomic E-state index is 13.1. The summed E-state index contributed by atoms with van der Waals surface area (Å²) in [6.45, 7) is 2.04. The lowest BCUT2D eigenvalue weighted by molar-refractivity contribution is -0.139. The highest BCUT2D eigenvalue weighted by molar-refractivity contribution is 6.30. The molecule has 3 amide bonds. The van der Waals surface area contributed by atoms with E-state index in [2.05, 4.69) is 0 Å². The summed E-state index contributed by atoms with van der Waals surface area (Å²) in [6, 6.07) is 11.9. The normalized spacial score (nSPS) is 29.3. The highest BCUT2D eigenvalue weighted by Gasteiger charge is 2.61. The van der Waals surface area contributed by atoms with E-state index in [0.717, 1.165) is 19.3 Å². The summed E-state index contributed by atoms with van der Waals surface area (Å²) in [5, 5.41) is 0.572. The predicted octanol–water partition coefficient (Wildman–Crippen LogP) is 4.14. The van der Waals surface area contributed by atoms with Crippen molar-refractivity contribution in [3.63, 3.8) is 0 Å². The Hall–Kier alpha value is -3.19. The monoisotopic (exact) mass is 492 g/mol. The molecule has 0 radical (unpaired) electrons. The Morgan fingerprint density at radius 3 is 2.26 bits per heavy atom. The largest absolute Gasteiger partial charge is 0.426 e. The van der Waals surface area contributed by atoms with E-state index in [1.807, 2.05) is 0 Å². The summed E-state index contributed by atoms with van der Waals surface area (Å²) in [6.07, 6.45) is 3.13. The molecule has 2 saturated heterocycles. The summed E-state index contributed by atoms with van der Waals surface area (Å²) >= 11 is 5.93. The molecule has 4 aliphatic rings. The molecule has 2 heterocycles. The molecule has 5 atom stereocenters. The zero-order valence-electron chi connectivity index (χ0n) is 19.3. The fraction of sp³-hybridized carbons (Fsp3) is 0.407. The number of imide groups is 1. The molecule has 0 N–H and O–H groups in total. The van der Waals surface area contributed by atoms with E-state index in [9.17, 15) is 19.2 Å². The molecule has 0 spiro atoms. The summed E-state index contributed by atoms with van der Waals surface area (Å²) in [5.41, 5.74) is 1.93. The number of fused-ring (bicyclic) bond motifs is 5. The number of carbonyl (C=O) groups excluding carboxylic acids is 4. The number of amides is 3. The maximum Gasteiger partial charge on any atom is 0.316 e. The number of halogens is 1. The molecule has 8 heteroatoms. The molecule has 2 aliphatic carbocycles. The first-order chi connectivity index (χ1) is 16.8. The quantitative estimate of drug-likeness (QED) is 0.364. The van der Waals surface area contributed by atoms with Gasteiger partial charge in [-0.25, -0.2) is 4.90 Å². The highest BCUT2D eigenvalue weighted by atomic mass is 35.5. The van der Waals surface area contributed by atoms with Crippen molar-refractivity contribution in [1.82, 2.24) is 0 Å². The van der Waals surface area contributed by atoms with Gasteiger partial charge < -0.3 is 9.64 Å². The van der Waals surface area contributed by atoms with Crippen LogP contribution >= 0.6 is 11.6 Å². The topological polar surface area (TPSA) is 84.0 Å². The van der Waals surface area contributed by atoms with Crippen LogP contribution in [0.25, 0.3) is 0 Å². The second kappa shape index (κ2) is 8.19. The van der Waals surface area contributed by atoms with Crippen molar-refractivity contribution in [3.05, 3.63) is 53.1 Å². The van der Waals surface area contributed by atoms with E-state index in [1.54, 1.807) is 54.3 Å². The van der Waals surface area contributed by atoms with Crippen LogP contribution in [0.2, 0.25) is 5.02 Å². The van der Waals surface area contributed by atoms with E-state index >= 15 is 0 Å². The summed E-state index contributed by atoms with van der Waals surface area (Å²) < 4.78 is 5.59. The van der Waals surface area contributed by atoms with Gasteiger partial charge in [0.15, 0.2) is 0 Å². The number of esters is 1. The standard InChI is InChI=1S/C27H25ClN2O5/c1-14-10-20(35-27(34)17-12-22(31)29(13-17)19-6-4-18(28)5-7-19)8-9-21(14)30-25(32)23-15-2-3-16(11-15)24(23)26(30)33/h4-10,15-17,23-24H,2-3,11-13H2,1H3/t15-,16-,17-,23-,24+/m0/s1. The predicted molar refractivity (Wildman–Crippen MR) is 129 cm³/mol. The van der Waals surface area contributed by atoms with Crippen molar-refractivity contribution in [2.45, 2.75) is 32.6 Å². The Morgan fingerprint density at radius 2 is 1.63 bits per heavy atom. The van der Waals surface area contributed by atoms with Gasteiger partial charge in [-0.15, -0.1) is 0 Å². The second-order valence-corrected chi connectivity index (χ2v) is 10.6. The van der Waals surface area contributed by atoms with Gasteiger partial charge in [0.1, 0.15) is 5.75 Å². The second-order valence-electron chi connectivity index (χ2n) is 10.1. The minimum Gasteiger partial charge on any atom is -0.426 e. The number of anilines is 2. The van der Waals surface area contributed by atoms with Gasteiger partial charge in [0.25, 0.3) is 0 Å². The molecule has 6 rings (SSSR count). The molecule has 2 aliphatic heterocycles. The number of aryl methyl sites for hydroxylation is 1. The Bertz CT molecular complexity index is 1230. The summed E-state index contributed by atoms with van der Waals surface area (Å²) in [5.74, 6) is -0.778. The van der Waals surface area contributed by atoms with Crippen LogP contribution in [-0.4, -0.2) is 30.2 Å². The van der Waals surface area contributed by atoms with Gasteiger partial charge in [-0.2, -0.15) is 0 Å².